The molecule has 1 aromatic heterocycles. The predicted octanol–water partition coefficient (Wildman–Crippen LogP) is 5.34. The average molecular weight is 410 g/mol. The van der Waals surface area contributed by atoms with E-state index < -0.39 is 0 Å². The number of hydrogen-bond donors (Lipinski definition) is 1. The van der Waals surface area contributed by atoms with Crippen LogP contribution in [0.1, 0.15) is 32.3 Å². The minimum atomic E-state index is -0.0439. The van der Waals surface area contributed by atoms with E-state index in [9.17, 15) is 4.79 Å². The summed E-state index contributed by atoms with van der Waals surface area (Å²) in [7, 11) is 0. The van der Waals surface area contributed by atoms with Crippen molar-refractivity contribution in [1.82, 2.24) is 9.55 Å². The first-order valence-corrected chi connectivity index (χ1v) is 11.0. The SMILES string of the molecule is CCCCc1ccc(NC(=O)CSc2nccn2-c2ccc(OCC)cc2)cc1. The fourth-order valence-electron chi connectivity index (χ4n) is 2.93. The molecule has 1 N–H and O–H groups in total. The lowest BCUT2D eigenvalue weighted by Crippen LogP contribution is -2.14. The Kier molecular flexibility index (Phi) is 7.76. The molecular formula is C23H27N3O2S. The lowest BCUT2D eigenvalue weighted by molar-refractivity contribution is -0.113. The molecule has 1 heterocycles. The van der Waals surface area contributed by atoms with Crippen LogP contribution >= 0.6 is 11.8 Å². The topological polar surface area (TPSA) is 56.2 Å². The third-order valence-corrected chi connectivity index (χ3v) is 5.39. The lowest BCUT2D eigenvalue weighted by Gasteiger charge is -2.09. The molecular weight excluding hydrogens is 382 g/mol. The monoisotopic (exact) mass is 409 g/mol. The van der Waals surface area contributed by atoms with Gasteiger partial charge in [-0.05, 0) is 61.7 Å². The molecule has 0 atom stereocenters. The van der Waals surface area contributed by atoms with Crippen molar-refractivity contribution in [2.24, 2.45) is 0 Å². The Bertz CT molecular complexity index is 905. The summed E-state index contributed by atoms with van der Waals surface area (Å²) in [5.41, 5.74) is 3.11. The van der Waals surface area contributed by atoms with E-state index in [0.717, 1.165) is 28.7 Å². The Hall–Kier alpha value is -2.73. The van der Waals surface area contributed by atoms with Gasteiger partial charge in [-0.1, -0.05) is 37.2 Å². The molecule has 3 rings (SSSR count). The zero-order valence-electron chi connectivity index (χ0n) is 16.9. The molecule has 0 bridgehead atoms. The third kappa shape index (κ3) is 6.12. The van der Waals surface area contributed by atoms with Gasteiger partial charge in [0.05, 0.1) is 12.4 Å². The molecule has 29 heavy (non-hydrogen) atoms. The van der Waals surface area contributed by atoms with E-state index in [2.05, 4.69) is 29.4 Å². The second-order valence-electron chi connectivity index (χ2n) is 6.64. The van der Waals surface area contributed by atoms with E-state index in [0.29, 0.717) is 12.4 Å². The fraction of sp³-hybridized carbons (Fsp3) is 0.304. The van der Waals surface area contributed by atoms with E-state index in [1.807, 2.05) is 54.1 Å². The molecule has 0 fully saturated rings. The highest BCUT2D eigenvalue weighted by Crippen LogP contribution is 2.22. The number of rotatable bonds is 10. The average Bonchev–Trinajstić information content (AvgIpc) is 3.21. The summed E-state index contributed by atoms with van der Waals surface area (Å²) in [6.45, 7) is 4.79. The number of unbranched alkanes of at least 4 members (excludes halogenated alkanes) is 1. The van der Waals surface area contributed by atoms with Crippen molar-refractivity contribution in [1.29, 1.82) is 0 Å². The van der Waals surface area contributed by atoms with Crippen LogP contribution in [0.5, 0.6) is 5.75 Å². The number of nitrogens with zero attached hydrogens (tertiary/aromatic N) is 2. The summed E-state index contributed by atoms with van der Waals surface area (Å²) in [6, 6.07) is 15.9. The van der Waals surface area contributed by atoms with Crippen molar-refractivity contribution in [3.63, 3.8) is 0 Å². The molecule has 6 heteroatoms. The first-order chi connectivity index (χ1) is 14.2. The van der Waals surface area contributed by atoms with Gasteiger partial charge in [-0.15, -0.1) is 0 Å². The van der Waals surface area contributed by atoms with Crippen LogP contribution < -0.4 is 10.1 Å². The van der Waals surface area contributed by atoms with Gasteiger partial charge in [0.25, 0.3) is 0 Å². The summed E-state index contributed by atoms with van der Waals surface area (Å²) in [4.78, 5) is 16.7. The van der Waals surface area contributed by atoms with Crippen molar-refractivity contribution in [3.05, 3.63) is 66.5 Å². The van der Waals surface area contributed by atoms with Gasteiger partial charge in [0.15, 0.2) is 5.16 Å². The van der Waals surface area contributed by atoms with Crippen LogP contribution in [0.15, 0.2) is 66.1 Å². The Morgan fingerprint density at radius 1 is 1.10 bits per heavy atom. The van der Waals surface area contributed by atoms with Crippen molar-refractivity contribution in [2.45, 2.75) is 38.3 Å². The second-order valence-corrected chi connectivity index (χ2v) is 7.59. The summed E-state index contributed by atoms with van der Waals surface area (Å²) >= 11 is 1.41. The number of anilines is 1. The number of nitrogens with one attached hydrogen (secondary N) is 1. The van der Waals surface area contributed by atoms with Crippen LogP contribution in [0, 0.1) is 0 Å². The molecule has 152 valence electrons. The maximum atomic E-state index is 12.3. The van der Waals surface area contributed by atoms with Gasteiger partial charge in [-0.25, -0.2) is 4.98 Å². The molecule has 5 nitrogen and oxygen atoms in total. The van der Waals surface area contributed by atoms with Crippen LogP contribution in [0.2, 0.25) is 0 Å². The number of hydrogen-bond acceptors (Lipinski definition) is 4. The number of aryl methyl sites for hydroxylation is 1. The number of benzene rings is 2. The molecule has 0 aliphatic carbocycles. The van der Waals surface area contributed by atoms with Gasteiger partial charge in [0.2, 0.25) is 5.91 Å². The summed E-state index contributed by atoms with van der Waals surface area (Å²) in [5.74, 6) is 1.09. The number of carbonyl (C=O) groups excluding carboxylic acids is 1. The van der Waals surface area contributed by atoms with Crippen molar-refractivity contribution in [3.8, 4) is 11.4 Å². The zero-order chi connectivity index (χ0) is 20.5. The normalized spacial score (nSPS) is 10.7. The smallest absolute Gasteiger partial charge is 0.234 e. The van der Waals surface area contributed by atoms with Crippen LogP contribution in [0.25, 0.3) is 5.69 Å². The Morgan fingerprint density at radius 3 is 2.55 bits per heavy atom. The van der Waals surface area contributed by atoms with Crippen LogP contribution in [-0.4, -0.2) is 27.8 Å². The molecule has 0 spiro atoms. The number of amides is 1. The van der Waals surface area contributed by atoms with E-state index >= 15 is 0 Å². The minimum absolute atomic E-state index is 0.0439. The molecule has 2 aromatic carbocycles. The number of ether oxygens (including phenoxy) is 1. The largest absolute Gasteiger partial charge is 0.494 e. The fourth-order valence-corrected chi connectivity index (χ4v) is 3.70. The molecule has 0 saturated heterocycles. The van der Waals surface area contributed by atoms with Crippen molar-refractivity contribution < 1.29 is 9.53 Å². The van der Waals surface area contributed by atoms with Crippen molar-refractivity contribution in [2.75, 3.05) is 17.7 Å². The highest BCUT2D eigenvalue weighted by Gasteiger charge is 2.10. The number of aromatic nitrogens is 2. The molecule has 3 aromatic rings. The quantitative estimate of drug-likeness (QED) is 0.459. The highest BCUT2D eigenvalue weighted by molar-refractivity contribution is 7.99. The Morgan fingerprint density at radius 2 is 1.86 bits per heavy atom. The van der Waals surface area contributed by atoms with Crippen LogP contribution in [-0.2, 0) is 11.2 Å². The van der Waals surface area contributed by atoms with E-state index in [4.69, 9.17) is 4.74 Å². The summed E-state index contributed by atoms with van der Waals surface area (Å²) < 4.78 is 7.46. The molecule has 0 aliphatic rings. The summed E-state index contributed by atoms with van der Waals surface area (Å²) in [6.07, 6.45) is 7.08. The lowest BCUT2D eigenvalue weighted by atomic mass is 10.1. The van der Waals surface area contributed by atoms with Gasteiger partial charge in [-0.2, -0.15) is 0 Å². The van der Waals surface area contributed by atoms with Gasteiger partial charge >= 0.3 is 0 Å². The second kappa shape index (κ2) is 10.7. The number of thioether (sulfide) groups is 1. The number of carbonyl (C=O) groups is 1. The summed E-state index contributed by atoms with van der Waals surface area (Å²) in [5, 5.41) is 3.73. The van der Waals surface area contributed by atoms with E-state index in [1.165, 1.54) is 30.2 Å². The van der Waals surface area contributed by atoms with Crippen LogP contribution in [0.4, 0.5) is 5.69 Å². The highest BCUT2D eigenvalue weighted by atomic mass is 32.2. The molecule has 1 amide bonds. The predicted molar refractivity (Wildman–Crippen MR) is 119 cm³/mol. The van der Waals surface area contributed by atoms with E-state index in [1.54, 1.807) is 6.20 Å². The first kappa shape index (κ1) is 21.0. The Labute approximate surface area is 176 Å². The number of imidazole rings is 1. The van der Waals surface area contributed by atoms with Gasteiger partial charge in [-0.3, -0.25) is 9.36 Å². The van der Waals surface area contributed by atoms with E-state index in [-0.39, 0.29) is 5.91 Å². The van der Waals surface area contributed by atoms with Crippen molar-refractivity contribution >= 4 is 23.4 Å². The molecule has 0 unspecified atom stereocenters. The maximum absolute atomic E-state index is 12.3. The molecule has 0 aliphatic heterocycles. The maximum Gasteiger partial charge on any atom is 0.234 e. The minimum Gasteiger partial charge on any atom is -0.494 e. The zero-order valence-corrected chi connectivity index (χ0v) is 17.7. The van der Waals surface area contributed by atoms with Crippen LogP contribution in [0.3, 0.4) is 0 Å². The van der Waals surface area contributed by atoms with Gasteiger partial charge in [0, 0.05) is 23.8 Å². The molecule has 0 radical (unpaired) electrons. The third-order valence-electron chi connectivity index (χ3n) is 4.42. The Balaban J connectivity index is 1.55. The standard InChI is InChI=1S/C23H27N3O2S/c1-3-5-6-18-7-9-19(10-8-18)25-22(27)17-29-23-24-15-16-26(23)20-11-13-21(14-12-20)28-4-2/h7-16H,3-6,17H2,1-2H3,(H,25,27). The first-order valence-electron chi connectivity index (χ1n) is 9.97. The van der Waals surface area contributed by atoms with Gasteiger partial charge in [0.1, 0.15) is 5.75 Å². The molecule has 0 saturated carbocycles. The van der Waals surface area contributed by atoms with Gasteiger partial charge < -0.3 is 10.1 Å².